The van der Waals surface area contributed by atoms with E-state index in [0.717, 1.165) is 17.1 Å². The third-order valence-electron chi connectivity index (χ3n) is 4.73. The lowest BCUT2D eigenvalue weighted by molar-refractivity contribution is 0.394. The van der Waals surface area contributed by atoms with Gasteiger partial charge in [-0.05, 0) is 48.2 Å². The number of hydrogen-bond donors (Lipinski definition) is 1. The minimum atomic E-state index is 0.638. The van der Waals surface area contributed by atoms with Crippen molar-refractivity contribution in [1.29, 1.82) is 0 Å². The highest BCUT2D eigenvalue weighted by atomic mass is 16.5. The molecule has 0 bridgehead atoms. The van der Waals surface area contributed by atoms with Crippen LogP contribution < -0.4 is 14.8 Å². The highest BCUT2D eigenvalue weighted by Crippen LogP contribution is 2.25. The van der Waals surface area contributed by atoms with Gasteiger partial charge >= 0.3 is 0 Å². The van der Waals surface area contributed by atoms with Gasteiger partial charge in [0.1, 0.15) is 11.5 Å². The van der Waals surface area contributed by atoms with Gasteiger partial charge in [0.25, 0.3) is 0 Å². The van der Waals surface area contributed by atoms with Crippen LogP contribution in [-0.2, 0) is 0 Å². The van der Waals surface area contributed by atoms with E-state index in [9.17, 15) is 0 Å². The third kappa shape index (κ3) is 5.02. The van der Waals surface area contributed by atoms with Crippen molar-refractivity contribution in [2.75, 3.05) is 19.5 Å². The SMILES string of the molecule is COc1cc(/C=C/c2ccc(NC3CCCCC3)cc2)cc(OC)c1. The van der Waals surface area contributed by atoms with Crippen molar-refractivity contribution < 1.29 is 9.47 Å². The summed E-state index contributed by atoms with van der Waals surface area (Å²) in [6.45, 7) is 0. The van der Waals surface area contributed by atoms with Gasteiger partial charge < -0.3 is 14.8 Å². The fourth-order valence-electron chi connectivity index (χ4n) is 3.29. The molecular weight excluding hydrogens is 310 g/mol. The third-order valence-corrected chi connectivity index (χ3v) is 4.73. The van der Waals surface area contributed by atoms with Gasteiger partial charge in [-0.3, -0.25) is 0 Å². The molecule has 1 saturated carbocycles. The minimum absolute atomic E-state index is 0.638. The molecule has 1 aliphatic carbocycles. The first-order valence-corrected chi connectivity index (χ1v) is 9.04. The van der Waals surface area contributed by atoms with E-state index in [1.165, 1.54) is 43.4 Å². The number of nitrogens with one attached hydrogen (secondary N) is 1. The zero-order chi connectivity index (χ0) is 17.5. The van der Waals surface area contributed by atoms with Crippen LogP contribution >= 0.6 is 0 Å². The molecular formula is C22H27NO2. The van der Waals surface area contributed by atoms with Crippen molar-refractivity contribution in [3.05, 3.63) is 53.6 Å². The van der Waals surface area contributed by atoms with Crippen molar-refractivity contribution in [2.45, 2.75) is 38.1 Å². The Balaban J connectivity index is 1.65. The van der Waals surface area contributed by atoms with E-state index in [0.29, 0.717) is 6.04 Å². The Morgan fingerprint density at radius 3 is 2.00 bits per heavy atom. The maximum Gasteiger partial charge on any atom is 0.123 e. The van der Waals surface area contributed by atoms with E-state index in [2.05, 4.69) is 41.7 Å². The second kappa shape index (κ2) is 8.61. The van der Waals surface area contributed by atoms with Crippen molar-refractivity contribution in [2.24, 2.45) is 0 Å². The molecule has 3 nitrogen and oxygen atoms in total. The van der Waals surface area contributed by atoms with E-state index in [1.54, 1.807) is 14.2 Å². The maximum atomic E-state index is 5.32. The van der Waals surface area contributed by atoms with Gasteiger partial charge in [0.2, 0.25) is 0 Å². The molecule has 0 heterocycles. The average Bonchev–Trinajstić information content (AvgIpc) is 2.68. The van der Waals surface area contributed by atoms with Crippen molar-refractivity contribution in [3.8, 4) is 11.5 Å². The molecule has 0 atom stereocenters. The van der Waals surface area contributed by atoms with E-state index in [-0.39, 0.29) is 0 Å². The fourth-order valence-corrected chi connectivity index (χ4v) is 3.29. The average molecular weight is 337 g/mol. The second-order valence-corrected chi connectivity index (χ2v) is 6.58. The molecule has 3 rings (SSSR count). The number of methoxy groups -OCH3 is 2. The molecule has 1 N–H and O–H groups in total. The molecule has 132 valence electrons. The van der Waals surface area contributed by atoms with Crippen LogP contribution in [0.1, 0.15) is 43.2 Å². The molecule has 1 aliphatic rings. The molecule has 0 unspecified atom stereocenters. The predicted octanol–water partition coefficient (Wildman–Crippen LogP) is 5.62. The molecule has 0 aliphatic heterocycles. The van der Waals surface area contributed by atoms with Crippen LogP contribution in [0.2, 0.25) is 0 Å². The highest BCUT2D eigenvalue weighted by Gasteiger charge is 2.12. The summed E-state index contributed by atoms with van der Waals surface area (Å²) < 4.78 is 10.6. The molecule has 0 spiro atoms. The summed E-state index contributed by atoms with van der Waals surface area (Å²) in [6, 6.07) is 15.2. The van der Waals surface area contributed by atoms with Crippen LogP contribution in [0.5, 0.6) is 11.5 Å². The molecule has 25 heavy (non-hydrogen) atoms. The van der Waals surface area contributed by atoms with Crippen molar-refractivity contribution in [3.63, 3.8) is 0 Å². The molecule has 2 aromatic rings. The summed E-state index contributed by atoms with van der Waals surface area (Å²) in [5, 5.41) is 3.65. The lowest BCUT2D eigenvalue weighted by Crippen LogP contribution is -2.22. The largest absolute Gasteiger partial charge is 0.497 e. The molecule has 1 fully saturated rings. The number of ether oxygens (including phenoxy) is 2. The summed E-state index contributed by atoms with van der Waals surface area (Å²) >= 11 is 0. The van der Waals surface area contributed by atoms with E-state index >= 15 is 0 Å². The molecule has 0 radical (unpaired) electrons. The van der Waals surface area contributed by atoms with E-state index in [4.69, 9.17) is 9.47 Å². The maximum absolute atomic E-state index is 5.32. The molecule has 3 heteroatoms. The van der Waals surface area contributed by atoms with Crippen LogP contribution in [0.3, 0.4) is 0 Å². The first-order chi connectivity index (χ1) is 12.3. The van der Waals surface area contributed by atoms with Crippen LogP contribution in [0.25, 0.3) is 12.2 Å². The Morgan fingerprint density at radius 1 is 0.800 bits per heavy atom. The smallest absolute Gasteiger partial charge is 0.123 e. The highest BCUT2D eigenvalue weighted by molar-refractivity contribution is 5.71. The number of rotatable bonds is 6. The van der Waals surface area contributed by atoms with Gasteiger partial charge in [0.05, 0.1) is 14.2 Å². The molecule has 0 aromatic heterocycles. The summed E-state index contributed by atoms with van der Waals surface area (Å²) in [6.07, 6.45) is 10.9. The van der Waals surface area contributed by atoms with Crippen molar-refractivity contribution >= 4 is 17.8 Å². The second-order valence-electron chi connectivity index (χ2n) is 6.58. The first kappa shape index (κ1) is 17.4. The van der Waals surface area contributed by atoms with Gasteiger partial charge in [-0.25, -0.2) is 0 Å². The Kier molecular flexibility index (Phi) is 5.99. The Morgan fingerprint density at radius 2 is 1.40 bits per heavy atom. The zero-order valence-electron chi connectivity index (χ0n) is 15.1. The quantitative estimate of drug-likeness (QED) is 0.694. The van der Waals surface area contributed by atoms with Crippen LogP contribution in [0.4, 0.5) is 5.69 Å². The standard InChI is InChI=1S/C22H27NO2/c1-24-21-14-18(15-22(16-21)25-2)9-8-17-10-12-20(13-11-17)23-19-6-4-3-5-7-19/h8-16,19,23H,3-7H2,1-2H3/b9-8+. The van der Waals surface area contributed by atoms with Gasteiger partial charge in [-0.2, -0.15) is 0 Å². The molecule has 0 saturated heterocycles. The van der Waals surface area contributed by atoms with Gasteiger partial charge in [0, 0.05) is 17.8 Å². The first-order valence-electron chi connectivity index (χ1n) is 9.04. The van der Waals surface area contributed by atoms with Crippen LogP contribution in [0, 0.1) is 0 Å². The summed E-state index contributed by atoms with van der Waals surface area (Å²) in [7, 11) is 3.33. The van der Waals surface area contributed by atoms with Gasteiger partial charge in [-0.15, -0.1) is 0 Å². The number of anilines is 1. The lowest BCUT2D eigenvalue weighted by atomic mass is 9.95. The topological polar surface area (TPSA) is 30.5 Å². The molecule has 2 aromatic carbocycles. The number of benzene rings is 2. The van der Waals surface area contributed by atoms with Crippen LogP contribution in [-0.4, -0.2) is 20.3 Å². The monoisotopic (exact) mass is 337 g/mol. The Labute approximate surface area is 150 Å². The lowest BCUT2D eigenvalue weighted by Gasteiger charge is -2.23. The predicted molar refractivity (Wildman–Crippen MR) is 105 cm³/mol. The van der Waals surface area contributed by atoms with Gasteiger partial charge in [-0.1, -0.05) is 43.5 Å². The summed E-state index contributed by atoms with van der Waals surface area (Å²) in [5.74, 6) is 1.59. The molecule has 0 amide bonds. The Bertz CT molecular complexity index is 678. The zero-order valence-corrected chi connectivity index (χ0v) is 15.1. The Hall–Kier alpha value is -2.42. The minimum Gasteiger partial charge on any atom is -0.497 e. The van der Waals surface area contributed by atoms with E-state index < -0.39 is 0 Å². The van der Waals surface area contributed by atoms with E-state index in [1.807, 2.05) is 18.2 Å². The normalized spacial score (nSPS) is 15.3. The fraction of sp³-hybridized carbons (Fsp3) is 0.364. The summed E-state index contributed by atoms with van der Waals surface area (Å²) in [5.41, 5.74) is 3.45. The van der Waals surface area contributed by atoms with Gasteiger partial charge in [0.15, 0.2) is 0 Å². The van der Waals surface area contributed by atoms with Crippen molar-refractivity contribution in [1.82, 2.24) is 0 Å². The summed E-state index contributed by atoms with van der Waals surface area (Å²) in [4.78, 5) is 0. The number of hydrogen-bond acceptors (Lipinski definition) is 3. The van der Waals surface area contributed by atoms with Crippen LogP contribution in [0.15, 0.2) is 42.5 Å².